The Labute approximate surface area is 228 Å². The second-order valence-corrected chi connectivity index (χ2v) is 10.9. The molecule has 2 N–H and O–H groups in total. The van der Waals surface area contributed by atoms with Gasteiger partial charge >= 0.3 is 0 Å². The van der Waals surface area contributed by atoms with Crippen molar-refractivity contribution in [2.75, 3.05) is 13.1 Å². The van der Waals surface area contributed by atoms with Crippen LogP contribution < -0.4 is 5.73 Å². The maximum atomic E-state index is 14.0. The molecule has 6 nitrogen and oxygen atoms in total. The molecule has 1 aromatic heterocycles. The monoisotopic (exact) mass is 540 g/mol. The summed E-state index contributed by atoms with van der Waals surface area (Å²) in [6, 6.07) is 15.5. The number of aromatic nitrogens is 2. The zero-order valence-electron chi connectivity index (χ0n) is 21.2. The molecule has 0 bridgehead atoms. The molecule has 37 heavy (non-hydrogen) atoms. The number of amides is 2. The van der Waals surface area contributed by atoms with Crippen molar-refractivity contribution >= 4 is 35.0 Å². The van der Waals surface area contributed by atoms with E-state index in [4.69, 9.17) is 28.9 Å². The third-order valence-electron chi connectivity index (χ3n) is 7.28. The normalized spacial score (nSPS) is 15.3. The van der Waals surface area contributed by atoms with Crippen LogP contribution in [0, 0.1) is 0 Å². The smallest absolute Gasteiger partial charge is 0.246 e. The van der Waals surface area contributed by atoms with Gasteiger partial charge in [0.05, 0.1) is 22.1 Å². The Morgan fingerprint density at radius 3 is 2.51 bits per heavy atom. The summed E-state index contributed by atoms with van der Waals surface area (Å²) in [5.41, 5.74) is 8.24. The first-order valence-corrected chi connectivity index (χ1v) is 13.7. The van der Waals surface area contributed by atoms with Crippen LogP contribution in [0.25, 0.3) is 0 Å². The van der Waals surface area contributed by atoms with Crippen LogP contribution in [-0.2, 0) is 27.8 Å². The zero-order valence-corrected chi connectivity index (χ0v) is 22.7. The number of aryl methyl sites for hydroxylation is 1. The number of likely N-dealkylation sites (tertiary alicyclic amines) is 1. The van der Waals surface area contributed by atoms with Crippen molar-refractivity contribution in [3.63, 3.8) is 0 Å². The highest BCUT2D eigenvalue weighted by Crippen LogP contribution is 2.40. The topological polar surface area (TPSA) is 81.2 Å². The number of primary amides is 1. The maximum Gasteiger partial charge on any atom is 0.246 e. The highest BCUT2D eigenvalue weighted by molar-refractivity contribution is 6.42. The van der Waals surface area contributed by atoms with Gasteiger partial charge in [-0.1, -0.05) is 85.8 Å². The number of nitrogens with zero attached hydrogens (tertiary/aromatic N) is 3. The first-order chi connectivity index (χ1) is 17.8. The van der Waals surface area contributed by atoms with Crippen LogP contribution in [0.5, 0.6) is 0 Å². The molecule has 196 valence electrons. The number of hydrogen-bond acceptors (Lipinski definition) is 3. The number of halogens is 2. The van der Waals surface area contributed by atoms with Gasteiger partial charge in [0.1, 0.15) is 6.04 Å². The lowest BCUT2D eigenvalue weighted by Crippen LogP contribution is -2.62. The van der Waals surface area contributed by atoms with E-state index in [1.165, 1.54) is 12.0 Å². The summed E-state index contributed by atoms with van der Waals surface area (Å²) < 4.78 is 1.85. The number of benzene rings is 2. The fourth-order valence-electron chi connectivity index (χ4n) is 5.18. The van der Waals surface area contributed by atoms with E-state index in [0.717, 1.165) is 30.5 Å². The minimum absolute atomic E-state index is 0.0121. The Bertz CT molecular complexity index is 1220. The molecule has 1 aliphatic heterocycles. The van der Waals surface area contributed by atoms with Crippen LogP contribution >= 0.6 is 23.2 Å². The van der Waals surface area contributed by atoms with Crippen LogP contribution in [-0.4, -0.2) is 39.4 Å². The quantitative estimate of drug-likeness (QED) is 0.297. The highest BCUT2D eigenvalue weighted by Gasteiger charge is 2.47. The van der Waals surface area contributed by atoms with Crippen LogP contribution in [0.3, 0.4) is 0 Å². The number of rotatable bonds is 12. The lowest BCUT2D eigenvalue weighted by atomic mass is 9.70. The third kappa shape index (κ3) is 6.55. The van der Waals surface area contributed by atoms with Crippen LogP contribution in [0.15, 0.2) is 61.1 Å². The lowest BCUT2D eigenvalue weighted by molar-refractivity contribution is -0.143. The van der Waals surface area contributed by atoms with Crippen molar-refractivity contribution in [2.45, 2.75) is 63.3 Å². The molecule has 1 saturated heterocycles. The second-order valence-electron chi connectivity index (χ2n) is 10.0. The average Bonchev–Trinajstić information content (AvgIpc) is 3.34. The molecule has 0 radical (unpaired) electrons. The summed E-state index contributed by atoms with van der Waals surface area (Å²) in [6.45, 7) is 3.60. The molecule has 0 aliphatic carbocycles. The fourth-order valence-corrected chi connectivity index (χ4v) is 5.50. The average molecular weight is 542 g/mol. The summed E-state index contributed by atoms with van der Waals surface area (Å²) in [7, 11) is 0. The van der Waals surface area contributed by atoms with Crippen LogP contribution in [0.2, 0.25) is 10.0 Å². The van der Waals surface area contributed by atoms with Crippen molar-refractivity contribution in [1.82, 2.24) is 14.5 Å². The fraction of sp³-hybridized carbons (Fsp3) is 0.414. The van der Waals surface area contributed by atoms with Gasteiger partial charge in [0, 0.05) is 37.5 Å². The molecule has 2 heterocycles. The lowest BCUT2D eigenvalue weighted by Gasteiger charge is -2.52. The van der Waals surface area contributed by atoms with Crippen LogP contribution in [0.1, 0.15) is 61.9 Å². The van der Waals surface area contributed by atoms with E-state index < -0.39 is 6.04 Å². The molecule has 2 aromatic carbocycles. The second kappa shape index (κ2) is 12.1. The molecule has 3 aromatic rings. The SMILES string of the molecule is CCCCCC1(c2ccccc2)CN(C(=O)[C@@H](Cc2ccc(Cl)c(Cl)c2)n2cnc(CCC(N)=O)c2)C1. The summed E-state index contributed by atoms with van der Waals surface area (Å²) in [5.74, 6) is -0.328. The molecule has 1 atom stereocenters. The predicted molar refractivity (Wildman–Crippen MR) is 148 cm³/mol. The van der Waals surface area contributed by atoms with E-state index in [1.807, 2.05) is 33.9 Å². The largest absolute Gasteiger partial charge is 0.370 e. The number of carbonyl (C=O) groups excluding carboxylic acids is 2. The summed E-state index contributed by atoms with van der Waals surface area (Å²) in [4.78, 5) is 31.6. The van der Waals surface area contributed by atoms with Crippen molar-refractivity contribution in [1.29, 1.82) is 0 Å². The first-order valence-electron chi connectivity index (χ1n) is 12.9. The molecular formula is C29H34Cl2N4O2. The van der Waals surface area contributed by atoms with Gasteiger partial charge in [-0.05, 0) is 36.1 Å². The summed E-state index contributed by atoms with van der Waals surface area (Å²) >= 11 is 12.4. The minimum atomic E-state index is -0.489. The molecule has 2 amide bonds. The molecular weight excluding hydrogens is 507 g/mol. The van der Waals surface area contributed by atoms with Gasteiger partial charge < -0.3 is 15.2 Å². The molecule has 0 saturated carbocycles. The van der Waals surface area contributed by atoms with Crippen molar-refractivity contribution < 1.29 is 9.59 Å². The Morgan fingerprint density at radius 1 is 1.08 bits per heavy atom. The Morgan fingerprint density at radius 2 is 1.84 bits per heavy atom. The maximum absolute atomic E-state index is 14.0. The summed E-state index contributed by atoms with van der Waals surface area (Å²) in [5, 5.41) is 0.938. The van der Waals surface area contributed by atoms with Gasteiger partial charge in [-0.25, -0.2) is 4.98 Å². The standard InChI is InChI=1S/C29H34Cl2N4O2/c1-2-3-7-14-29(22-8-5-4-6-9-22)18-35(19-29)28(37)26(16-21-10-12-24(30)25(31)15-21)34-17-23(33-20-34)11-13-27(32)36/h4-6,8-10,12,15,17,20,26H,2-3,7,11,13-14,16,18-19H2,1H3,(H2,32,36)/t26-/m1/s1. The molecule has 4 rings (SSSR count). The van der Waals surface area contributed by atoms with E-state index >= 15 is 0 Å². The zero-order chi connectivity index (χ0) is 26.4. The third-order valence-corrected chi connectivity index (χ3v) is 8.02. The Hall–Kier alpha value is -2.83. The van der Waals surface area contributed by atoms with Crippen molar-refractivity contribution in [3.8, 4) is 0 Å². The number of carbonyl (C=O) groups is 2. The van der Waals surface area contributed by atoms with Crippen molar-refractivity contribution in [2.24, 2.45) is 5.73 Å². The molecule has 8 heteroatoms. The number of nitrogens with two attached hydrogens (primary N) is 1. The van der Waals surface area contributed by atoms with Gasteiger partial charge in [-0.3, -0.25) is 9.59 Å². The summed E-state index contributed by atoms with van der Waals surface area (Å²) in [6.07, 6.45) is 9.17. The van der Waals surface area contributed by atoms with E-state index in [-0.39, 0.29) is 23.7 Å². The van der Waals surface area contributed by atoms with E-state index in [9.17, 15) is 9.59 Å². The van der Waals surface area contributed by atoms with Gasteiger partial charge in [-0.15, -0.1) is 0 Å². The number of unbranched alkanes of at least 4 members (excludes halogenated alkanes) is 2. The number of hydrogen-bond donors (Lipinski definition) is 1. The van der Waals surface area contributed by atoms with E-state index in [0.29, 0.717) is 36.0 Å². The Balaban J connectivity index is 1.56. The number of imidazole rings is 1. The highest BCUT2D eigenvalue weighted by atomic mass is 35.5. The van der Waals surface area contributed by atoms with Gasteiger partial charge in [0.2, 0.25) is 11.8 Å². The van der Waals surface area contributed by atoms with E-state index in [1.54, 1.807) is 12.4 Å². The van der Waals surface area contributed by atoms with Gasteiger partial charge in [-0.2, -0.15) is 0 Å². The molecule has 0 unspecified atom stereocenters. The van der Waals surface area contributed by atoms with Gasteiger partial charge in [0.15, 0.2) is 0 Å². The molecule has 1 fully saturated rings. The first kappa shape index (κ1) is 27.2. The van der Waals surface area contributed by atoms with Gasteiger partial charge in [0.25, 0.3) is 0 Å². The molecule has 1 aliphatic rings. The van der Waals surface area contributed by atoms with Crippen LogP contribution in [0.4, 0.5) is 0 Å². The Kier molecular flexibility index (Phi) is 8.93. The van der Waals surface area contributed by atoms with Crippen molar-refractivity contribution in [3.05, 3.63) is 87.9 Å². The van der Waals surface area contributed by atoms with E-state index in [2.05, 4.69) is 36.2 Å². The minimum Gasteiger partial charge on any atom is -0.370 e. The molecule has 0 spiro atoms. The predicted octanol–water partition coefficient (Wildman–Crippen LogP) is 5.75.